The van der Waals surface area contributed by atoms with E-state index in [1.165, 1.54) is 11.3 Å². The van der Waals surface area contributed by atoms with Gasteiger partial charge in [0.1, 0.15) is 5.01 Å². The van der Waals surface area contributed by atoms with Gasteiger partial charge in [0.25, 0.3) is 0 Å². The highest BCUT2D eigenvalue weighted by Crippen LogP contribution is 2.18. The zero-order valence-electron chi connectivity index (χ0n) is 13.0. The molecule has 8 heteroatoms. The van der Waals surface area contributed by atoms with Crippen molar-refractivity contribution in [1.82, 2.24) is 20.4 Å². The number of carbonyl (C=O) groups excluding carboxylic acids is 2. The van der Waals surface area contributed by atoms with Crippen LogP contribution < -0.4 is 11.1 Å². The normalized spacial score (nSPS) is 16.0. The van der Waals surface area contributed by atoms with Gasteiger partial charge >= 0.3 is 0 Å². The van der Waals surface area contributed by atoms with Crippen LogP contribution in [0.4, 0.5) is 5.13 Å². The number of nitrogen functional groups attached to an aromatic ring is 1. The molecule has 2 amide bonds. The van der Waals surface area contributed by atoms with E-state index in [0.29, 0.717) is 22.6 Å². The molecule has 0 radical (unpaired) electrons. The molecule has 22 heavy (non-hydrogen) atoms. The van der Waals surface area contributed by atoms with Gasteiger partial charge in [-0.3, -0.25) is 9.59 Å². The Morgan fingerprint density at radius 1 is 1.36 bits per heavy atom. The zero-order valence-corrected chi connectivity index (χ0v) is 13.9. The molecular formula is C14H23N5O2S. The van der Waals surface area contributed by atoms with E-state index in [0.717, 1.165) is 25.9 Å². The highest BCUT2D eigenvalue weighted by Gasteiger charge is 2.24. The minimum atomic E-state index is -0.0585. The lowest BCUT2D eigenvalue weighted by atomic mass is 9.96. The first kappa shape index (κ1) is 16.7. The number of likely N-dealkylation sites (tertiary alicyclic amines) is 1. The van der Waals surface area contributed by atoms with E-state index in [-0.39, 0.29) is 24.2 Å². The average molecular weight is 325 g/mol. The summed E-state index contributed by atoms with van der Waals surface area (Å²) >= 11 is 1.23. The summed E-state index contributed by atoms with van der Waals surface area (Å²) in [5, 5.41) is 11.5. The fourth-order valence-electron chi connectivity index (χ4n) is 2.52. The van der Waals surface area contributed by atoms with Crippen LogP contribution in [0, 0.1) is 11.8 Å². The van der Waals surface area contributed by atoms with Crippen molar-refractivity contribution in [1.29, 1.82) is 0 Å². The van der Waals surface area contributed by atoms with Gasteiger partial charge in [0.2, 0.25) is 16.9 Å². The number of hydrogen-bond donors (Lipinski definition) is 2. The molecule has 1 aliphatic heterocycles. The van der Waals surface area contributed by atoms with E-state index < -0.39 is 0 Å². The monoisotopic (exact) mass is 325 g/mol. The first-order valence-electron chi connectivity index (χ1n) is 7.59. The summed E-state index contributed by atoms with van der Waals surface area (Å²) in [5.74, 6) is 0.642. The number of rotatable bonds is 5. The molecule has 0 aromatic carbocycles. The highest BCUT2D eigenvalue weighted by atomic mass is 32.1. The highest BCUT2D eigenvalue weighted by molar-refractivity contribution is 7.15. The van der Waals surface area contributed by atoms with Crippen LogP contribution in [0.5, 0.6) is 0 Å². The van der Waals surface area contributed by atoms with Gasteiger partial charge in [0, 0.05) is 25.6 Å². The lowest BCUT2D eigenvalue weighted by Crippen LogP contribution is -2.43. The van der Waals surface area contributed by atoms with Crippen molar-refractivity contribution >= 4 is 28.3 Å². The van der Waals surface area contributed by atoms with Crippen molar-refractivity contribution in [3.05, 3.63) is 5.01 Å². The van der Waals surface area contributed by atoms with Crippen LogP contribution in [0.1, 0.15) is 31.7 Å². The number of anilines is 1. The van der Waals surface area contributed by atoms with Gasteiger partial charge in [-0.2, -0.15) is 0 Å². The maximum atomic E-state index is 11.9. The second-order valence-electron chi connectivity index (χ2n) is 5.94. The van der Waals surface area contributed by atoms with E-state index in [1.807, 2.05) is 18.7 Å². The van der Waals surface area contributed by atoms with Crippen LogP contribution in [-0.2, 0) is 16.0 Å². The van der Waals surface area contributed by atoms with Crippen molar-refractivity contribution < 1.29 is 9.59 Å². The first-order valence-corrected chi connectivity index (χ1v) is 8.40. The summed E-state index contributed by atoms with van der Waals surface area (Å²) in [6.45, 7) is 6.07. The van der Waals surface area contributed by atoms with Gasteiger partial charge < -0.3 is 16.0 Å². The van der Waals surface area contributed by atoms with E-state index in [1.54, 1.807) is 0 Å². The molecule has 0 bridgehead atoms. The summed E-state index contributed by atoms with van der Waals surface area (Å²) in [6, 6.07) is 0. The van der Waals surface area contributed by atoms with Crippen molar-refractivity contribution in [2.45, 2.75) is 33.1 Å². The maximum Gasteiger partial charge on any atom is 0.226 e. The number of aromatic nitrogens is 2. The van der Waals surface area contributed by atoms with Crippen LogP contribution in [0.2, 0.25) is 0 Å². The van der Waals surface area contributed by atoms with Crippen molar-refractivity contribution in [3.63, 3.8) is 0 Å². The van der Waals surface area contributed by atoms with Gasteiger partial charge in [-0.15, -0.1) is 10.2 Å². The number of hydrogen-bond acceptors (Lipinski definition) is 6. The summed E-state index contributed by atoms with van der Waals surface area (Å²) in [7, 11) is 0. The molecule has 0 unspecified atom stereocenters. The van der Waals surface area contributed by atoms with Crippen molar-refractivity contribution in [2.24, 2.45) is 11.8 Å². The van der Waals surface area contributed by atoms with Gasteiger partial charge in [-0.1, -0.05) is 25.2 Å². The van der Waals surface area contributed by atoms with Crippen molar-refractivity contribution in [2.75, 3.05) is 25.4 Å². The number of nitrogens with one attached hydrogen (secondary N) is 1. The fraction of sp³-hybridized carbons (Fsp3) is 0.714. The molecule has 0 saturated carbocycles. The molecule has 1 aromatic rings. The number of nitrogens with zero attached hydrogens (tertiary/aromatic N) is 3. The molecule has 3 N–H and O–H groups in total. The van der Waals surface area contributed by atoms with E-state index >= 15 is 0 Å². The van der Waals surface area contributed by atoms with Crippen molar-refractivity contribution in [3.8, 4) is 0 Å². The number of nitrogens with two attached hydrogens (primary N) is 1. The molecule has 1 fully saturated rings. The number of piperidine rings is 1. The predicted molar refractivity (Wildman–Crippen MR) is 85.2 cm³/mol. The Morgan fingerprint density at radius 3 is 2.59 bits per heavy atom. The Balaban J connectivity index is 1.68. The van der Waals surface area contributed by atoms with Crippen LogP contribution in [0.15, 0.2) is 0 Å². The summed E-state index contributed by atoms with van der Waals surface area (Å²) < 4.78 is 0. The molecule has 7 nitrogen and oxygen atoms in total. The lowest BCUT2D eigenvalue weighted by molar-refractivity contribution is -0.136. The van der Waals surface area contributed by atoms with E-state index in [9.17, 15) is 9.59 Å². The molecule has 1 saturated heterocycles. The predicted octanol–water partition coefficient (Wildman–Crippen LogP) is 0.674. The third-order valence-electron chi connectivity index (χ3n) is 3.80. The molecule has 0 aliphatic carbocycles. The SMILES string of the molecule is CC(C)C(=O)N1CCC(CNC(=O)Cc2nnc(N)s2)CC1. The van der Waals surface area contributed by atoms with Gasteiger partial charge in [0.05, 0.1) is 6.42 Å². The van der Waals surface area contributed by atoms with Crippen LogP contribution in [-0.4, -0.2) is 46.5 Å². The first-order chi connectivity index (χ1) is 10.5. The van der Waals surface area contributed by atoms with Crippen LogP contribution in [0.25, 0.3) is 0 Å². The number of amides is 2. The van der Waals surface area contributed by atoms with E-state index in [4.69, 9.17) is 5.73 Å². The number of carbonyl (C=O) groups is 2. The second kappa shape index (κ2) is 7.53. The zero-order chi connectivity index (χ0) is 16.1. The Hall–Kier alpha value is -1.70. The van der Waals surface area contributed by atoms with Gasteiger partial charge in [0.15, 0.2) is 0 Å². The summed E-state index contributed by atoms with van der Waals surface area (Å²) in [5.41, 5.74) is 5.48. The Morgan fingerprint density at radius 2 is 2.05 bits per heavy atom. The molecule has 122 valence electrons. The van der Waals surface area contributed by atoms with Gasteiger partial charge in [-0.25, -0.2) is 0 Å². The molecule has 1 aromatic heterocycles. The molecule has 2 heterocycles. The fourth-order valence-corrected chi connectivity index (χ4v) is 3.13. The summed E-state index contributed by atoms with van der Waals surface area (Å²) in [6.07, 6.45) is 2.09. The van der Waals surface area contributed by atoms with Crippen LogP contribution in [0.3, 0.4) is 0 Å². The Bertz CT molecular complexity index is 523. The Kier molecular flexibility index (Phi) is 5.70. The Labute approximate surface area is 134 Å². The summed E-state index contributed by atoms with van der Waals surface area (Å²) in [4.78, 5) is 25.7. The minimum Gasteiger partial charge on any atom is -0.374 e. The average Bonchev–Trinajstić information content (AvgIpc) is 2.90. The quantitative estimate of drug-likeness (QED) is 0.829. The smallest absolute Gasteiger partial charge is 0.226 e. The third-order valence-corrected chi connectivity index (χ3v) is 4.55. The van der Waals surface area contributed by atoms with Gasteiger partial charge in [-0.05, 0) is 18.8 Å². The maximum absolute atomic E-state index is 11.9. The molecule has 0 spiro atoms. The lowest BCUT2D eigenvalue weighted by Gasteiger charge is -2.33. The molecule has 0 atom stereocenters. The van der Waals surface area contributed by atoms with E-state index in [2.05, 4.69) is 15.5 Å². The molecule has 2 rings (SSSR count). The molecular weight excluding hydrogens is 302 g/mol. The second-order valence-corrected chi connectivity index (χ2v) is 7.03. The van der Waals surface area contributed by atoms with Crippen LogP contribution >= 0.6 is 11.3 Å². The standard InChI is InChI=1S/C14H23N5O2S/c1-9(2)13(21)19-5-3-10(4-6-19)8-16-11(20)7-12-17-18-14(15)22-12/h9-10H,3-8H2,1-2H3,(H2,15,18)(H,16,20). The topological polar surface area (TPSA) is 101 Å². The molecule has 1 aliphatic rings. The largest absolute Gasteiger partial charge is 0.374 e. The minimum absolute atomic E-state index is 0.0515. The third kappa shape index (κ3) is 4.66.